The molecule has 0 amide bonds. The van der Waals surface area contributed by atoms with E-state index in [9.17, 15) is 13.5 Å². The molecule has 1 N–H and O–H groups in total. The molecule has 0 aromatic rings. The van der Waals surface area contributed by atoms with Crippen LogP contribution in [0.2, 0.25) is 0 Å². The van der Waals surface area contributed by atoms with Crippen LogP contribution in [0.15, 0.2) is 0 Å². The van der Waals surface area contributed by atoms with Gasteiger partial charge in [-0.2, -0.15) is 0 Å². The van der Waals surface area contributed by atoms with Crippen LogP contribution >= 0.6 is 0 Å². The van der Waals surface area contributed by atoms with Crippen molar-refractivity contribution < 1.29 is 13.5 Å². The zero-order valence-corrected chi connectivity index (χ0v) is 10.8. The maximum Gasteiger partial charge on any atom is 0.153 e. The first kappa shape index (κ1) is 12.4. The van der Waals surface area contributed by atoms with Crippen molar-refractivity contribution in [3.63, 3.8) is 0 Å². The smallest absolute Gasteiger partial charge is 0.153 e. The molecule has 2 atom stereocenters. The Morgan fingerprint density at radius 2 is 1.81 bits per heavy atom. The Morgan fingerprint density at radius 1 is 1.19 bits per heavy atom. The number of hydrogen-bond acceptors (Lipinski definition) is 3. The van der Waals surface area contributed by atoms with Crippen molar-refractivity contribution in [2.75, 3.05) is 6.26 Å². The van der Waals surface area contributed by atoms with Crippen molar-refractivity contribution in [2.45, 2.75) is 62.2 Å². The lowest BCUT2D eigenvalue weighted by Crippen LogP contribution is -2.43. The number of aliphatic hydroxyl groups is 1. The fourth-order valence-electron chi connectivity index (χ4n) is 3.58. The van der Waals surface area contributed by atoms with Crippen molar-refractivity contribution in [3.8, 4) is 0 Å². The van der Waals surface area contributed by atoms with Gasteiger partial charge in [0.15, 0.2) is 9.84 Å². The molecule has 0 spiro atoms. The second kappa shape index (κ2) is 4.30. The van der Waals surface area contributed by atoms with Crippen molar-refractivity contribution in [3.05, 3.63) is 0 Å². The normalized spacial score (nSPS) is 37.0. The van der Waals surface area contributed by atoms with Gasteiger partial charge in [0, 0.05) is 6.26 Å². The Hall–Kier alpha value is -0.0900. The van der Waals surface area contributed by atoms with E-state index in [2.05, 4.69) is 0 Å². The molecule has 2 unspecified atom stereocenters. The van der Waals surface area contributed by atoms with E-state index in [-0.39, 0.29) is 0 Å². The molecule has 16 heavy (non-hydrogen) atoms. The third-order valence-corrected chi connectivity index (χ3v) is 6.02. The topological polar surface area (TPSA) is 54.4 Å². The second-order valence-electron chi connectivity index (χ2n) is 5.67. The number of rotatable bonds is 3. The highest BCUT2D eigenvalue weighted by molar-refractivity contribution is 7.91. The van der Waals surface area contributed by atoms with Gasteiger partial charge < -0.3 is 5.11 Å². The molecule has 0 aromatic carbocycles. The van der Waals surface area contributed by atoms with Crippen LogP contribution in [0.25, 0.3) is 0 Å². The molecule has 2 aliphatic carbocycles. The molecule has 0 aromatic heterocycles. The fourth-order valence-corrected chi connectivity index (χ4v) is 5.19. The van der Waals surface area contributed by atoms with E-state index < -0.39 is 20.7 Å². The molecule has 3 nitrogen and oxygen atoms in total. The monoisotopic (exact) mass is 246 g/mol. The van der Waals surface area contributed by atoms with Gasteiger partial charge in [-0.25, -0.2) is 8.42 Å². The Balaban J connectivity index is 2.09. The van der Waals surface area contributed by atoms with E-state index in [1.165, 1.54) is 31.9 Å². The predicted octanol–water partition coefficient (Wildman–Crippen LogP) is 1.89. The summed E-state index contributed by atoms with van der Waals surface area (Å²) in [6.07, 6.45) is 8.93. The average molecular weight is 246 g/mol. The van der Waals surface area contributed by atoms with Gasteiger partial charge in [-0.05, 0) is 31.6 Å². The molecule has 2 aliphatic rings. The molecule has 0 saturated heterocycles. The third kappa shape index (κ3) is 2.43. The zero-order chi connectivity index (χ0) is 11.8. The zero-order valence-electron chi connectivity index (χ0n) is 9.98. The van der Waals surface area contributed by atoms with Crippen molar-refractivity contribution in [1.82, 2.24) is 0 Å². The van der Waals surface area contributed by atoms with E-state index in [0.717, 1.165) is 6.42 Å². The summed E-state index contributed by atoms with van der Waals surface area (Å²) in [4.78, 5) is 0. The summed E-state index contributed by atoms with van der Waals surface area (Å²) < 4.78 is 23.3. The molecule has 0 heterocycles. The summed E-state index contributed by atoms with van der Waals surface area (Å²) in [6.45, 7) is 0. The van der Waals surface area contributed by atoms with Crippen LogP contribution < -0.4 is 0 Å². The van der Waals surface area contributed by atoms with Gasteiger partial charge >= 0.3 is 0 Å². The van der Waals surface area contributed by atoms with E-state index in [0.29, 0.717) is 25.2 Å². The third-order valence-electron chi connectivity index (χ3n) is 4.31. The summed E-state index contributed by atoms with van der Waals surface area (Å²) >= 11 is 0. The SMILES string of the molecule is CS(=O)(=O)C1CCCC1(O)CC1CCCC1. The summed E-state index contributed by atoms with van der Waals surface area (Å²) in [6, 6.07) is 0. The summed E-state index contributed by atoms with van der Waals surface area (Å²) in [7, 11) is -3.10. The largest absolute Gasteiger partial charge is 0.389 e. The van der Waals surface area contributed by atoms with E-state index in [1.807, 2.05) is 0 Å². The molecule has 2 fully saturated rings. The first-order chi connectivity index (χ1) is 7.42. The van der Waals surface area contributed by atoms with Crippen LogP contribution in [0, 0.1) is 5.92 Å². The lowest BCUT2D eigenvalue weighted by atomic mass is 9.88. The minimum Gasteiger partial charge on any atom is -0.389 e. The van der Waals surface area contributed by atoms with E-state index in [4.69, 9.17) is 0 Å². The van der Waals surface area contributed by atoms with E-state index >= 15 is 0 Å². The fraction of sp³-hybridized carbons (Fsp3) is 1.00. The lowest BCUT2D eigenvalue weighted by Gasteiger charge is -2.31. The van der Waals surface area contributed by atoms with Gasteiger partial charge in [0.25, 0.3) is 0 Å². The van der Waals surface area contributed by atoms with Crippen LogP contribution in [0.1, 0.15) is 51.4 Å². The van der Waals surface area contributed by atoms with Gasteiger partial charge in [-0.1, -0.05) is 25.7 Å². The Bertz CT molecular complexity index is 343. The Kier molecular flexibility index (Phi) is 3.32. The molecule has 0 bridgehead atoms. The van der Waals surface area contributed by atoms with Crippen molar-refractivity contribution in [2.24, 2.45) is 5.92 Å². The van der Waals surface area contributed by atoms with Gasteiger partial charge in [0.05, 0.1) is 10.9 Å². The van der Waals surface area contributed by atoms with Gasteiger partial charge in [0.1, 0.15) is 0 Å². The van der Waals surface area contributed by atoms with Crippen molar-refractivity contribution in [1.29, 1.82) is 0 Å². The highest BCUT2D eigenvalue weighted by Gasteiger charge is 2.47. The average Bonchev–Trinajstić information content (AvgIpc) is 2.73. The first-order valence-electron chi connectivity index (χ1n) is 6.33. The van der Waals surface area contributed by atoms with Gasteiger partial charge in [0.2, 0.25) is 0 Å². The highest BCUT2D eigenvalue weighted by atomic mass is 32.2. The minimum absolute atomic E-state index is 0.513. The summed E-state index contributed by atoms with van der Waals surface area (Å²) in [5.41, 5.74) is -0.928. The number of sulfone groups is 1. The van der Waals surface area contributed by atoms with Crippen molar-refractivity contribution >= 4 is 9.84 Å². The Labute approximate surface area is 98.2 Å². The summed E-state index contributed by atoms with van der Waals surface area (Å²) in [5.74, 6) is 0.548. The van der Waals surface area contributed by atoms with Gasteiger partial charge in [-0.3, -0.25) is 0 Å². The molecule has 0 aliphatic heterocycles. The maximum atomic E-state index is 11.7. The van der Waals surface area contributed by atoms with Crippen LogP contribution in [0.4, 0.5) is 0 Å². The highest BCUT2D eigenvalue weighted by Crippen LogP contribution is 2.42. The molecule has 2 saturated carbocycles. The van der Waals surface area contributed by atoms with Crippen LogP contribution in [-0.2, 0) is 9.84 Å². The first-order valence-corrected chi connectivity index (χ1v) is 8.28. The molecular weight excluding hydrogens is 224 g/mol. The number of hydrogen-bond donors (Lipinski definition) is 1. The maximum absolute atomic E-state index is 11.7. The van der Waals surface area contributed by atoms with Crippen LogP contribution in [0.3, 0.4) is 0 Å². The predicted molar refractivity (Wildman–Crippen MR) is 64.0 cm³/mol. The standard InChI is InChI=1S/C12H22O3S/c1-16(14,15)11-7-4-8-12(11,13)9-10-5-2-3-6-10/h10-11,13H,2-9H2,1H3. The molecular formula is C12H22O3S. The van der Waals surface area contributed by atoms with Crippen LogP contribution in [-0.4, -0.2) is 30.6 Å². The second-order valence-corrected chi connectivity index (χ2v) is 7.90. The Morgan fingerprint density at radius 3 is 2.38 bits per heavy atom. The molecule has 0 radical (unpaired) electrons. The minimum atomic E-state index is -3.10. The quantitative estimate of drug-likeness (QED) is 0.827. The molecule has 2 rings (SSSR count). The van der Waals surface area contributed by atoms with Gasteiger partial charge in [-0.15, -0.1) is 0 Å². The molecule has 94 valence electrons. The van der Waals surface area contributed by atoms with Crippen LogP contribution in [0.5, 0.6) is 0 Å². The van der Waals surface area contributed by atoms with E-state index in [1.54, 1.807) is 0 Å². The molecule has 4 heteroatoms. The lowest BCUT2D eigenvalue weighted by molar-refractivity contribution is 0.0260. The summed E-state index contributed by atoms with van der Waals surface area (Å²) in [5, 5.41) is 10.1.